The molecule has 1 heterocycles. The van der Waals surface area contributed by atoms with Crippen LogP contribution in [0.5, 0.6) is 0 Å². The Kier molecular flexibility index (Phi) is 3.33. The van der Waals surface area contributed by atoms with Crippen molar-refractivity contribution in [3.8, 4) is 0 Å². The minimum absolute atomic E-state index is 0.0127. The molecule has 0 aromatic carbocycles. The predicted octanol–water partition coefficient (Wildman–Crippen LogP) is 5.38. The summed E-state index contributed by atoms with van der Waals surface area (Å²) >= 11 is 19.7. The molecular weight excluding hydrogens is 259 g/mol. The zero-order valence-corrected chi connectivity index (χ0v) is 10.9. The highest BCUT2D eigenvalue weighted by Crippen LogP contribution is 2.48. The van der Waals surface area contributed by atoms with Crippen LogP contribution >= 0.6 is 46.1 Å². The molecule has 1 fully saturated rings. The molecule has 2 unspecified atom stereocenters. The highest BCUT2D eigenvalue weighted by molar-refractivity contribution is 7.20. The zero-order chi connectivity index (χ0) is 10.3. The molecule has 1 saturated carbocycles. The molecule has 1 aromatic heterocycles. The number of alkyl halides is 1. The largest absolute Gasteiger partial charge is 0.117 e. The van der Waals surface area contributed by atoms with Gasteiger partial charge in [0.25, 0.3) is 0 Å². The maximum absolute atomic E-state index is 6.37. The highest BCUT2D eigenvalue weighted by atomic mass is 35.5. The summed E-state index contributed by atoms with van der Waals surface area (Å²) in [5.41, 5.74) is 1.00. The van der Waals surface area contributed by atoms with Gasteiger partial charge in [0.2, 0.25) is 0 Å². The number of hydrogen-bond acceptors (Lipinski definition) is 1. The average Bonchev–Trinajstić information content (AvgIpc) is 2.90. The normalized spacial score (nSPS) is 20.9. The Balaban J connectivity index is 2.16. The van der Waals surface area contributed by atoms with Crippen LogP contribution < -0.4 is 0 Å². The number of halogens is 3. The van der Waals surface area contributed by atoms with Crippen LogP contribution in [0.2, 0.25) is 8.67 Å². The van der Waals surface area contributed by atoms with Crippen molar-refractivity contribution in [3.05, 3.63) is 20.3 Å². The van der Waals surface area contributed by atoms with Crippen LogP contribution in [0.4, 0.5) is 0 Å². The van der Waals surface area contributed by atoms with Gasteiger partial charge in [-0.1, -0.05) is 30.1 Å². The van der Waals surface area contributed by atoms with Gasteiger partial charge >= 0.3 is 0 Å². The number of hydrogen-bond donors (Lipinski definition) is 0. The molecule has 1 aliphatic carbocycles. The van der Waals surface area contributed by atoms with Crippen molar-refractivity contribution in [3.63, 3.8) is 0 Å². The van der Waals surface area contributed by atoms with Crippen molar-refractivity contribution in [2.75, 3.05) is 0 Å². The zero-order valence-electron chi connectivity index (χ0n) is 7.77. The van der Waals surface area contributed by atoms with E-state index in [0.717, 1.165) is 20.2 Å². The predicted molar refractivity (Wildman–Crippen MR) is 64.8 cm³/mol. The maximum Gasteiger partial charge on any atom is 0.0991 e. The van der Waals surface area contributed by atoms with Gasteiger partial charge in [-0.3, -0.25) is 0 Å². The Morgan fingerprint density at radius 2 is 2.07 bits per heavy atom. The SMILES string of the molecule is CC(C1CC1)C(Cl)c1cc(Cl)sc1Cl. The van der Waals surface area contributed by atoms with Gasteiger partial charge in [-0.15, -0.1) is 22.9 Å². The van der Waals surface area contributed by atoms with Gasteiger partial charge in [-0.05, 0) is 30.7 Å². The highest BCUT2D eigenvalue weighted by Gasteiger charge is 2.34. The van der Waals surface area contributed by atoms with Crippen molar-refractivity contribution in [2.45, 2.75) is 25.1 Å². The lowest BCUT2D eigenvalue weighted by molar-refractivity contribution is 0.492. The van der Waals surface area contributed by atoms with E-state index in [4.69, 9.17) is 34.8 Å². The van der Waals surface area contributed by atoms with Gasteiger partial charge in [0.05, 0.1) is 14.0 Å². The molecule has 0 amide bonds. The van der Waals surface area contributed by atoms with E-state index in [2.05, 4.69) is 6.92 Å². The monoisotopic (exact) mass is 268 g/mol. The molecule has 1 aromatic rings. The molecule has 0 saturated heterocycles. The quantitative estimate of drug-likeness (QED) is 0.646. The van der Waals surface area contributed by atoms with E-state index in [-0.39, 0.29) is 5.38 Å². The van der Waals surface area contributed by atoms with E-state index in [9.17, 15) is 0 Å². The molecule has 4 heteroatoms. The van der Waals surface area contributed by atoms with E-state index in [1.54, 1.807) is 0 Å². The van der Waals surface area contributed by atoms with Crippen molar-refractivity contribution in [1.29, 1.82) is 0 Å². The molecule has 1 aliphatic rings. The van der Waals surface area contributed by atoms with Gasteiger partial charge in [-0.25, -0.2) is 0 Å². The summed E-state index contributed by atoms with van der Waals surface area (Å²) in [5, 5.41) is 0.0127. The smallest absolute Gasteiger partial charge is 0.0991 e. The third-order valence-corrected chi connectivity index (χ3v) is 4.96. The standard InChI is InChI=1S/C10H11Cl3S/c1-5(6-2-3-6)9(12)7-4-8(11)14-10(7)13/h4-6,9H,2-3H2,1H3. The number of thiophene rings is 1. The first-order valence-corrected chi connectivity index (χ1v) is 6.69. The van der Waals surface area contributed by atoms with Crippen molar-refractivity contribution >= 4 is 46.1 Å². The van der Waals surface area contributed by atoms with E-state index in [0.29, 0.717) is 5.92 Å². The summed E-state index contributed by atoms with van der Waals surface area (Å²) in [5.74, 6) is 1.28. The fraction of sp³-hybridized carbons (Fsp3) is 0.600. The summed E-state index contributed by atoms with van der Waals surface area (Å²) in [4.78, 5) is 0. The van der Waals surface area contributed by atoms with Gasteiger partial charge in [0.1, 0.15) is 0 Å². The minimum atomic E-state index is 0.0127. The molecule has 0 spiro atoms. The second-order valence-corrected chi connectivity index (χ2v) is 6.63. The molecule has 0 N–H and O–H groups in total. The maximum atomic E-state index is 6.37. The Morgan fingerprint density at radius 3 is 2.50 bits per heavy atom. The topological polar surface area (TPSA) is 0 Å². The fourth-order valence-electron chi connectivity index (χ4n) is 1.69. The van der Waals surface area contributed by atoms with Crippen LogP contribution in [0.15, 0.2) is 6.07 Å². The average molecular weight is 270 g/mol. The Labute approximate surface area is 103 Å². The van der Waals surface area contributed by atoms with E-state index in [1.165, 1.54) is 24.2 Å². The van der Waals surface area contributed by atoms with Crippen LogP contribution in [0.25, 0.3) is 0 Å². The Hall–Kier alpha value is 0.570. The lowest BCUT2D eigenvalue weighted by atomic mass is 9.98. The lowest BCUT2D eigenvalue weighted by Crippen LogP contribution is -2.05. The van der Waals surface area contributed by atoms with Crippen molar-refractivity contribution in [1.82, 2.24) is 0 Å². The second kappa shape index (κ2) is 4.21. The van der Waals surface area contributed by atoms with E-state index < -0.39 is 0 Å². The molecule has 0 radical (unpaired) electrons. The van der Waals surface area contributed by atoms with Gasteiger partial charge in [0, 0.05) is 5.56 Å². The first kappa shape index (κ1) is 11.1. The van der Waals surface area contributed by atoms with E-state index in [1.807, 2.05) is 6.07 Å². The molecule has 78 valence electrons. The van der Waals surface area contributed by atoms with Crippen molar-refractivity contribution in [2.24, 2.45) is 11.8 Å². The number of rotatable bonds is 3. The van der Waals surface area contributed by atoms with Crippen molar-refractivity contribution < 1.29 is 0 Å². The molecule has 0 aliphatic heterocycles. The summed E-state index contributed by atoms with van der Waals surface area (Å²) in [6, 6.07) is 1.89. The molecule has 14 heavy (non-hydrogen) atoms. The van der Waals surface area contributed by atoms with Crippen LogP contribution in [0, 0.1) is 11.8 Å². The van der Waals surface area contributed by atoms with Gasteiger partial charge in [-0.2, -0.15) is 0 Å². The molecule has 0 bridgehead atoms. The first-order chi connectivity index (χ1) is 6.59. The summed E-state index contributed by atoms with van der Waals surface area (Å²) in [6.07, 6.45) is 2.61. The Bertz CT molecular complexity index is 330. The van der Waals surface area contributed by atoms with Crippen LogP contribution in [-0.2, 0) is 0 Å². The van der Waals surface area contributed by atoms with Crippen LogP contribution in [0.3, 0.4) is 0 Å². The van der Waals surface area contributed by atoms with Crippen LogP contribution in [-0.4, -0.2) is 0 Å². The first-order valence-electron chi connectivity index (χ1n) is 4.68. The Morgan fingerprint density at radius 1 is 1.43 bits per heavy atom. The minimum Gasteiger partial charge on any atom is -0.117 e. The van der Waals surface area contributed by atoms with Crippen LogP contribution in [0.1, 0.15) is 30.7 Å². The third kappa shape index (κ3) is 2.21. The molecule has 2 rings (SSSR count). The third-order valence-electron chi connectivity index (χ3n) is 2.81. The lowest BCUT2D eigenvalue weighted by Gasteiger charge is -2.16. The summed E-state index contributed by atoms with van der Waals surface area (Å²) in [6.45, 7) is 2.19. The van der Waals surface area contributed by atoms with Gasteiger partial charge < -0.3 is 0 Å². The molecular formula is C10H11Cl3S. The van der Waals surface area contributed by atoms with Gasteiger partial charge in [0.15, 0.2) is 0 Å². The summed E-state index contributed by atoms with van der Waals surface area (Å²) in [7, 11) is 0. The fourth-order valence-corrected chi connectivity index (χ4v) is 3.73. The molecule has 0 nitrogen and oxygen atoms in total. The summed E-state index contributed by atoms with van der Waals surface area (Å²) < 4.78 is 1.46. The van der Waals surface area contributed by atoms with E-state index >= 15 is 0 Å². The molecule has 2 atom stereocenters. The second-order valence-electron chi connectivity index (χ2n) is 3.88.